The third-order valence-electron chi connectivity index (χ3n) is 1.27. The Bertz CT molecular complexity index is 316. The Kier molecular flexibility index (Phi) is 3.27. The van der Waals surface area contributed by atoms with Crippen LogP contribution < -0.4 is 0 Å². The molecule has 0 radical (unpaired) electrons. The van der Waals surface area contributed by atoms with Gasteiger partial charge in [0, 0.05) is 0 Å². The van der Waals surface area contributed by atoms with Crippen molar-refractivity contribution >= 4 is 40.9 Å². The van der Waals surface area contributed by atoms with Crippen molar-refractivity contribution in [1.82, 2.24) is 0 Å². The third-order valence-corrected chi connectivity index (χ3v) is 1.90. The first-order valence-corrected chi connectivity index (χ1v) is 4.25. The molecule has 0 aromatic heterocycles. The van der Waals surface area contributed by atoms with Gasteiger partial charge in [-0.15, -0.1) is 0 Å². The van der Waals surface area contributed by atoms with Gasteiger partial charge in [0.25, 0.3) is 0 Å². The molecular weight excluding hydrogens is 218 g/mol. The van der Waals surface area contributed by atoms with Gasteiger partial charge in [0.05, 0.1) is 5.02 Å². The molecule has 4 heteroatoms. The summed E-state index contributed by atoms with van der Waals surface area (Å²) in [6.07, 6.45) is 1.46. The van der Waals surface area contributed by atoms with Gasteiger partial charge < -0.3 is 5.11 Å². The number of aromatic hydroxyl groups is 1. The van der Waals surface area contributed by atoms with E-state index in [4.69, 9.17) is 39.9 Å². The molecule has 0 amide bonds. The largest absolute Gasteiger partial charge is 0.506 e. The minimum Gasteiger partial charge on any atom is -0.506 e. The molecular formula is C8H5Cl3O. The van der Waals surface area contributed by atoms with Crippen molar-refractivity contribution in [2.24, 2.45) is 0 Å². The molecule has 1 rings (SSSR count). The van der Waals surface area contributed by atoms with Crippen LogP contribution in [0.2, 0.25) is 5.02 Å². The maximum atomic E-state index is 9.17. The fourth-order valence-corrected chi connectivity index (χ4v) is 1.18. The standard InChI is InChI=1S/C8H5Cl3O/c9-7(10)4-5-2-1-3-6(12)8(5)11/h1-4,12H. The summed E-state index contributed by atoms with van der Waals surface area (Å²) in [4.78, 5) is 0. The summed E-state index contributed by atoms with van der Waals surface area (Å²) in [5, 5.41) is 9.41. The molecule has 0 unspecified atom stereocenters. The Labute approximate surface area is 85.2 Å². The highest BCUT2D eigenvalue weighted by molar-refractivity contribution is 6.57. The molecule has 64 valence electrons. The number of hydrogen-bond donors (Lipinski definition) is 1. The van der Waals surface area contributed by atoms with Crippen molar-refractivity contribution in [2.45, 2.75) is 0 Å². The first kappa shape index (κ1) is 9.72. The molecule has 0 saturated heterocycles. The van der Waals surface area contributed by atoms with Crippen LogP contribution in [0.25, 0.3) is 6.08 Å². The van der Waals surface area contributed by atoms with Crippen LogP contribution in [0.15, 0.2) is 22.7 Å². The predicted octanol–water partition coefficient (Wildman–Crippen LogP) is 3.82. The van der Waals surface area contributed by atoms with E-state index >= 15 is 0 Å². The average Bonchev–Trinajstić information content (AvgIpc) is 1.98. The summed E-state index contributed by atoms with van der Waals surface area (Å²) in [6.45, 7) is 0. The molecule has 0 heterocycles. The molecule has 1 nitrogen and oxygen atoms in total. The summed E-state index contributed by atoms with van der Waals surface area (Å²) in [5.74, 6) is 0.0139. The van der Waals surface area contributed by atoms with Crippen molar-refractivity contribution in [1.29, 1.82) is 0 Å². The fraction of sp³-hybridized carbons (Fsp3) is 0. The third kappa shape index (κ3) is 2.31. The van der Waals surface area contributed by atoms with E-state index in [2.05, 4.69) is 0 Å². The Morgan fingerprint density at radius 1 is 1.33 bits per heavy atom. The molecule has 0 aliphatic carbocycles. The molecule has 1 aromatic carbocycles. The smallest absolute Gasteiger partial charge is 0.134 e. The Morgan fingerprint density at radius 2 is 2.00 bits per heavy atom. The van der Waals surface area contributed by atoms with E-state index in [0.29, 0.717) is 5.56 Å². The monoisotopic (exact) mass is 222 g/mol. The topological polar surface area (TPSA) is 20.2 Å². The van der Waals surface area contributed by atoms with Crippen LogP contribution in [0, 0.1) is 0 Å². The van der Waals surface area contributed by atoms with Crippen molar-refractivity contribution < 1.29 is 5.11 Å². The molecule has 1 N–H and O–H groups in total. The van der Waals surface area contributed by atoms with Gasteiger partial charge in [-0.25, -0.2) is 0 Å². The van der Waals surface area contributed by atoms with E-state index in [-0.39, 0.29) is 15.3 Å². The van der Waals surface area contributed by atoms with Crippen molar-refractivity contribution in [3.8, 4) is 5.75 Å². The summed E-state index contributed by atoms with van der Waals surface area (Å²) >= 11 is 16.6. The normalized spacial score (nSPS) is 9.58. The number of phenols is 1. The second kappa shape index (κ2) is 4.04. The highest BCUT2D eigenvalue weighted by atomic mass is 35.5. The number of hydrogen-bond acceptors (Lipinski definition) is 1. The number of phenolic OH excluding ortho intramolecular Hbond substituents is 1. The quantitative estimate of drug-likeness (QED) is 0.767. The van der Waals surface area contributed by atoms with Crippen molar-refractivity contribution in [3.63, 3.8) is 0 Å². The highest BCUT2D eigenvalue weighted by Gasteiger charge is 2.01. The zero-order chi connectivity index (χ0) is 9.14. The van der Waals surface area contributed by atoms with Gasteiger partial charge in [0.1, 0.15) is 10.2 Å². The summed E-state index contributed by atoms with van der Waals surface area (Å²) < 4.78 is 0.0995. The van der Waals surface area contributed by atoms with Gasteiger partial charge in [0.2, 0.25) is 0 Å². The number of halogens is 3. The fourth-order valence-electron chi connectivity index (χ4n) is 0.766. The van der Waals surface area contributed by atoms with Gasteiger partial charge in [-0.1, -0.05) is 46.9 Å². The van der Waals surface area contributed by atoms with E-state index < -0.39 is 0 Å². The lowest BCUT2D eigenvalue weighted by atomic mass is 10.2. The van der Waals surface area contributed by atoms with E-state index in [1.807, 2.05) is 0 Å². The molecule has 0 saturated carbocycles. The first-order chi connectivity index (χ1) is 5.61. The van der Waals surface area contributed by atoms with Crippen LogP contribution in [0.1, 0.15) is 5.56 Å². The SMILES string of the molecule is Oc1cccc(C=C(Cl)Cl)c1Cl. The van der Waals surface area contributed by atoms with Crippen molar-refractivity contribution in [2.75, 3.05) is 0 Å². The van der Waals surface area contributed by atoms with E-state index in [0.717, 1.165) is 0 Å². The first-order valence-electron chi connectivity index (χ1n) is 3.11. The van der Waals surface area contributed by atoms with Crippen LogP contribution in [-0.4, -0.2) is 5.11 Å². The molecule has 0 spiro atoms. The molecule has 0 bridgehead atoms. The second-order valence-corrected chi connectivity index (χ2v) is 3.50. The van der Waals surface area contributed by atoms with E-state index in [1.165, 1.54) is 12.1 Å². The second-order valence-electron chi connectivity index (χ2n) is 2.11. The zero-order valence-electron chi connectivity index (χ0n) is 5.89. The maximum Gasteiger partial charge on any atom is 0.134 e. The molecule has 0 fully saturated rings. The van der Waals surface area contributed by atoms with Gasteiger partial charge in [-0.2, -0.15) is 0 Å². The van der Waals surface area contributed by atoms with Gasteiger partial charge in [-0.3, -0.25) is 0 Å². The van der Waals surface area contributed by atoms with Crippen LogP contribution in [-0.2, 0) is 0 Å². The minimum absolute atomic E-state index is 0.0139. The van der Waals surface area contributed by atoms with Crippen LogP contribution in [0.3, 0.4) is 0 Å². The summed E-state index contributed by atoms with van der Waals surface area (Å²) in [6, 6.07) is 4.85. The van der Waals surface area contributed by atoms with E-state index in [9.17, 15) is 0 Å². The molecule has 12 heavy (non-hydrogen) atoms. The van der Waals surface area contributed by atoms with Gasteiger partial charge >= 0.3 is 0 Å². The molecule has 0 atom stereocenters. The summed E-state index contributed by atoms with van der Waals surface area (Å²) in [5.41, 5.74) is 0.594. The zero-order valence-corrected chi connectivity index (χ0v) is 8.16. The molecule has 0 aliphatic heterocycles. The number of benzene rings is 1. The Hall–Kier alpha value is -0.370. The maximum absolute atomic E-state index is 9.17. The lowest BCUT2D eigenvalue weighted by molar-refractivity contribution is 0.475. The number of rotatable bonds is 1. The minimum atomic E-state index is 0.0139. The van der Waals surface area contributed by atoms with Gasteiger partial charge in [0.15, 0.2) is 0 Å². The van der Waals surface area contributed by atoms with Crippen molar-refractivity contribution in [3.05, 3.63) is 33.3 Å². The van der Waals surface area contributed by atoms with Gasteiger partial charge in [-0.05, 0) is 17.7 Å². The lowest BCUT2D eigenvalue weighted by Crippen LogP contribution is -1.75. The summed E-state index contributed by atoms with van der Waals surface area (Å²) in [7, 11) is 0. The predicted molar refractivity (Wildman–Crippen MR) is 52.8 cm³/mol. The Balaban J connectivity index is 3.17. The van der Waals surface area contributed by atoms with Crippen LogP contribution in [0.4, 0.5) is 0 Å². The van der Waals surface area contributed by atoms with E-state index in [1.54, 1.807) is 12.1 Å². The molecule has 0 aliphatic rings. The highest BCUT2D eigenvalue weighted by Crippen LogP contribution is 2.29. The molecule has 1 aromatic rings. The average molecular weight is 223 g/mol. The van der Waals surface area contributed by atoms with Crippen LogP contribution in [0.5, 0.6) is 5.75 Å². The van der Waals surface area contributed by atoms with Crippen LogP contribution >= 0.6 is 34.8 Å². The lowest BCUT2D eigenvalue weighted by Gasteiger charge is -1.99. The Morgan fingerprint density at radius 3 is 2.58 bits per heavy atom.